The average molecular weight is 1750 g/mol. The lowest BCUT2D eigenvalue weighted by molar-refractivity contribution is -0.151. The largest absolute Gasteiger partial charge is 0.508 e. The lowest BCUT2D eigenvalue weighted by atomic mass is 9.98. The number of rotatable bonds is 21. The Kier molecular flexibility index (Phi) is 37.2. The highest BCUT2D eigenvalue weighted by Gasteiger charge is 2.42. The van der Waals surface area contributed by atoms with Crippen LogP contribution in [0.4, 0.5) is 0 Å². The third kappa shape index (κ3) is 29.3. The van der Waals surface area contributed by atoms with E-state index in [1.54, 1.807) is 149 Å². The second-order valence-corrected chi connectivity index (χ2v) is 33.7. The highest BCUT2D eigenvalue weighted by atomic mass is 32.2. The fourth-order valence-corrected chi connectivity index (χ4v) is 15.6. The zero-order valence-corrected chi connectivity index (χ0v) is 73.8. The lowest BCUT2D eigenvalue weighted by Gasteiger charge is -2.37. The maximum absolute atomic E-state index is 15.5. The fraction of sp³-hybridized carbons (Fsp3) is 0.424. The fourth-order valence-electron chi connectivity index (χ4n) is 14.7. The van der Waals surface area contributed by atoms with Gasteiger partial charge in [0.05, 0.1) is 25.4 Å². The number of nitrogens with zero attached hydrogens (tertiary/aromatic N) is 5. The molecule has 11 unspecified atom stereocenters. The number of para-hydroxylation sites is 1. The predicted molar refractivity (Wildman–Crippen MR) is 475 cm³/mol. The Labute approximate surface area is 738 Å². The van der Waals surface area contributed by atoms with Gasteiger partial charge in [-0.2, -0.15) is 0 Å². The minimum Gasteiger partial charge on any atom is -0.508 e. The molecule has 1 aliphatic rings. The number of phenols is 2. The molecule has 34 heteroatoms. The number of fused-ring (bicyclic) bond motifs is 1. The number of hydrogen-bond donors (Lipinski definition) is 13. The Morgan fingerprint density at radius 1 is 0.460 bits per heavy atom. The normalized spacial score (nSPS) is 22.2. The number of carbonyl (C=O) groups is 15. The Bertz CT molecular complexity index is 4930. The molecule has 14 N–H and O–H groups in total. The number of thioether (sulfide) groups is 1. The molecule has 0 bridgehead atoms. The van der Waals surface area contributed by atoms with E-state index in [0.717, 1.165) is 26.5 Å². The molecule has 1 saturated heterocycles. The predicted octanol–water partition coefficient (Wildman–Crippen LogP) is 2.87. The van der Waals surface area contributed by atoms with Crippen LogP contribution in [0.5, 0.6) is 11.5 Å². The van der Waals surface area contributed by atoms with Crippen molar-refractivity contribution in [2.75, 3.05) is 66.4 Å². The summed E-state index contributed by atoms with van der Waals surface area (Å²) in [5, 5.41) is 45.8. The molecule has 33 nitrogen and oxygen atoms in total. The molecule has 15 amide bonds. The number of carbonyl (C=O) groups excluding carboxylic acids is 15. The number of aromatic nitrogens is 1. The molecule has 126 heavy (non-hydrogen) atoms. The van der Waals surface area contributed by atoms with Gasteiger partial charge in [-0.1, -0.05) is 181 Å². The Morgan fingerprint density at radius 3 is 1.46 bits per heavy atom. The van der Waals surface area contributed by atoms with Crippen molar-refractivity contribution < 1.29 is 82.1 Å². The number of phenolic OH excluding ortho intramolecular Hbond substituents is 2. The summed E-state index contributed by atoms with van der Waals surface area (Å²) >= 11 is 0.850. The van der Waals surface area contributed by atoms with Crippen molar-refractivity contribution in [2.24, 2.45) is 17.6 Å². The maximum atomic E-state index is 15.5. The van der Waals surface area contributed by atoms with Gasteiger partial charge in [0.2, 0.25) is 88.6 Å². The van der Waals surface area contributed by atoms with E-state index in [0.29, 0.717) is 57.1 Å². The number of nitrogens with one attached hydrogen (secondary N) is 10. The Balaban J connectivity index is 1.19. The van der Waals surface area contributed by atoms with Crippen LogP contribution in [0.25, 0.3) is 10.9 Å². The van der Waals surface area contributed by atoms with E-state index in [2.05, 4.69) is 52.8 Å². The molecule has 0 radical (unpaired) electrons. The van der Waals surface area contributed by atoms with Crippen LogP contribution in [0.15, 0.2) is 170 Å². The minimum atomic E-state index is -1.58. The van der Waals surface area contributed by atoms with Crippen molar-refractivity contribution in [3.63, 3.8) is 0 Å². The molecular weight excluding hydrogens is 1630 g/mol. The van der Waals surface area contributed by atoms with Crippen LogP contribution in [0.1, 0.15) is 101 Å². The third-order valence-electron chi connectivity index (χ3n) is 21.8. The molecule has 0 saturated carbocycles. The van der Waals surface area contributed by atoms with Gasteiger partial charge in [-0.05, 0) is 95.3 Å². The van der Waals surface area contributed by atoms with Gasteiger partial charge >= 0.3 is 0 Å². The number of H-pyrrole nitrogens is 1. The second kappa shape index (κ2) is 47.6. The minimum absolute atomic E-state index is 0.0774. The van der Waals surface area contributed by atoms with E-state index in [4.69, 9.17) is 5.73 Å². The van der Waals surface area contributed by atoms with Gasteiger partial charge in [0.15, 0.2) is 0 Å². The number of hydrogen-bond acceptors (Lipinski definition) is 18. The van der Waals surface area contributed by atoms with Crippen molar-refractivity contribution in [1.29, 1.82) is 0 Å². The number of unbranched alkanes of at least 4 members (excludes halogenated alkanes) is 1. The molecule has 674 valence electrons. The van der Waals surface area contributed by atoms with Crippen LogP contribution < -0.4 is 53.6 Å². The van der Waals surface area contributed by atoms with Crippen molar-refractivity contribution in [3.8, 4) is 11.5 Å². The van der Waals surface area contributed by atoms with Gasteiger partial charge in [-0.25, -0.2) is 0 Å². The summed E-state index contributed by atoms with van der Waals surface area (Å²) in [6, 6.07) is 29.1. The van der Waals surface area contributed by atoms with Gasteiger partial charge in [0.25, 0.3) is 0 Å². The number of benzene rings is 6. The summed E-state index contributed by atoms with van der Waals surface area (Å²) in [6.07, 6.45) is 1.61. The number of aromatic amines is 1. The van der Waals surface area contributed by atoms with Crippen LogP contribution in [0.2, 0.25) is 0 Å². The van der Waals surface area contributed by atoms with E-state index in [9.17, 15) is 48.6 Å². The topological polar surface area (TPSA) is 463 Å². The van der Waals surface area contributed by atoms with Gasteiger partial charge < -0.3 is 93.3 Å². The summed E-state index contributed by atoms with van der Waals surface area (Å²) in [5.41, 5.74) is 9.34. The standard InChI is InChI=1S/C92H118N16O17S/c1-12-13-33-74-90(123)105(8)51-78(112)96-57(6)82(115)103-81(56(4)5)92(125)107(10)75(46-59-27-19-15-20-28-59)87(120)101-71(45-62-36-40-65(110)41-37-62)88(121)104(7)52-79(113)97-70(48-63-49-94-67-32-24-23-31-66(63)67)86(119)100-69(43-61-34-38-64(109)39-35-61)85(118)99-68(42-55(2)3)84(117)102-73(83(116)95-50-77(93)111)53-126-54-80(114)98-72(44-58-25-17-14-18-26-58)89(122)108(11)76(91(124)106(74)9)47-60-29-21-16-22-30-60/h14-32,34-41,49,55-57,68-76,81,94,109-110H,12-13,33,42-48,50-54H2,1-11H3,(H2,93,111)(H,95,116)(H,96,112)(H,97,113)(H,98,114)(H,99,118)(H,100,119)(H,101,120)(H,102,117)(H,103,115). The molecule has 0 aliphatic carbocycles. The first kappa shape index (κ1) is 98.3. The van der Waals surface area contributed by atoms with Crippen molar-refractivity contribution in [3.05, 3.63) is 203 Å². The highest BCUT2D eigenvalue weighted by molar-refractivity contribution is 8.00. The molecule has 1 fully saturated rings. The molecule has 7 aromatic rings. The van der Waals surface area contributed by atoms with Crippen LogP contribution in [0, 0.1) is 11.8 Å². The molecule has 8 rings (SSSR count). The maximum Gasteiger partial charge on any atom is 0.246 e. The number of aromatic hydroxyl groups is 2. The van der Waals surface area contributed by atoms with Crippen molar-refractivity contribution in [1.82, 2.24) is 77.3 Å². The monoisotopic (exact) mass is 1750 g/mol. The zero-order valence-electron chi connectivity index (χ0n) is 73.0. The third-order valence-corrected chi connectivity index (χ3v) is 22.8. The first-order valence-corrected chi connectivity index (χ1v) is 43.2. The molecule has 0 spiro atoms. The van der Waals surface area contributed by atoms with Crippen LogP contribution in [-0.4, -0.2) is 261 Å². The molecule has 2 heterocycles. The number of likely N-dealkylation sites (N-methyl/N-ethyl adjacent to an activating group) is 5. The SMILES string of the molecule is CCCCC1C(=O)N(C)CC(=O)NC(C)C(=O)NC(C(C)C)C(=O)N(C)C(Cc2ccccc2)C(=O)NC(Cc2ccc(O)cc2)C(=O)N(C)CC(=O)NC(Cc2c[nH]c3ccccc23)C(=O)NC(Cc2ccc(O)cc2)C(=O)NC(CC(C)C)C(=O)NC(C(=O)NCC(N)=O)CSCC(=O)NC(Cc2ccccc2)C(=O)N(C)C(Cc2ccccc2)C(=O)N1C. The van der Waals surface area contributed by atoms with Gasteiger partial charge in [0.1, 0.15) is 78.0 Å². The van der Waals surface area contributed by atoms with E-state index < -0.39 is 186 Å². The number of nitrogens with two attached hydrogens (primary N) is 1. The van der Waals surface area contributed by atoms with Crippen LogP contribution >= 0.6 is 11.8 Å². The van der Waals surface area contributed by atoms with Gasteiger partial charge in [-0.3, -0.25) is 71.9 Å². The number of primary amides is 1. The zero-order chi connectivity index (χ0) is 92.0. The Hall–Kier alpha value is -13.1. The van der Waals surface area contributed by atoms with E-state index >= 15 is 33.6 Å². The lowest BCUT2D eigenvalue weighted by Crippen LogP contribution is -2.61. The molecule has 1 aromatic heterocycles. The van der Waals surface area contributed by atoms with Crippen LogP contribution in [-0.2, 0) is 110 Å². The van der Waals surface area contributed by atoms with Gasteiger partial charge in [0, 0.05) is 96.6 Å². The number of amides is 15. The van der Waals surface area contributed by atoms with Crippen molar-refractivity contribution in [2.45, 2.75) is 172 Å². The first-order valence-electron chi connectivity index (χ1n) is 42.0. The van der Waals surface area contributed by atoms with Crippen molar-refractivity contribution >= 4 is 111 Å². The first-order chi connectivity index (χ1) is 60.0. The molecule has 1 aliphatic heterocycles. The Morgan fingerprint density at radius 2 is 0.913 bits per heavy atom. The molecule has 6 aromatic carbocycles. The smallest absolute Gasteiger partial charge is 0.246 e. The van der Waals surface area contributed by atoms with E-state index in [1.165, 1.54) is 100 Å². The van der Waals surface area contributed by atoms with E-state index in [-0.39, 0.29) is 74.5 Å². The summed E-state index contributed by atoms with van der Waals surface area (Å²) < 4.78 is 0. The summed E-state index contributed by atoms with van der Waals surface area (Å²) in [7, 11) is 6.83. The summed E-state index contributed by atoms with van der Waals surface area (Å²) in [6.45, 7) is 8.04. The summed E-state index contributed by atoms with van der Waals surface area (Å²) in [5.74, 6) is -14.4. The average Bonchev–Trinajstić information content (AvgIpc) is 1.30. The second-order valence-electron chi connectivity index (χ2n) is 32.6. The van der Waals surface area contributed by atoms with E-state index in [1.807, 2.05) is 6.92 Å². The van der Waals surface area contributed by atoms with Gasteiger partial charge in [-0.15, -0.1) is 11.8 Å². The summed E-state index contributed by atoms with van der Waals surface area (Å²) in [4.78, 5) is 230. The molecule has 11 atom stereocenters. The highest BCUT2D eigenvalue weighted by Crippen LogP contribution is 2.24. The van der Waals surface area contributed by atoms with Crippen LogP contribution in [0.3, 0.4) is 0 Å². The quantitative estimate of drug-likeness (QED) is 0.0492. The molecular formula is C92H118N16O17S.